The fourth-order valence-electron chi connectivity index (χ4n) is 5.10. The Balaban J connectivity index is 1.52. The number of thiazole rings is 1. The summed E-state index contributed by atoms with van der Waals surface area (Å²) in [5.74, 6) is -0.0556. The zero-order valence-electron chi connectivity index (χ0n) is 24.2. The molecular formula is C35H24Cl4N2O4S. The van der Waals surface area contributed by atoms with Crippen molar-refractivity contribution in [2.75, 3.05) is 6.61 Å². The number of hydrogen-bond acceptors (Lipinski definition) is 6. The van der Waals surface area contributed by atoms with E-state index in [2.05, 4.69) is 0 Å². The van der Waals surface area contributed by atoms with Gasteiger partial charge < -0.3 is 9.47 Å². The normalized spacial score (nSPS) is 14.5. The van der Waals surface area contributed by atoms with Crippen LogP contribution < -0.4 is 19.6 Å². The molecule has 0 spiro atoms. The molecule has 6 rings (SSSR count). The standard InChI is InChI=1S/C35H24Cl4N2O4S/c1-2-44-34(43)30-31(21-6-4-3-5-7-21)40-35-41(32(30)22-9-11-24(36)12-10-22)33(42)29(46-35)18-23-17-25(37)13-15-28(23)45-19-20-8-14-26(38)27(39)16-20/h3-18,32H,2,19H2,1H3/b29-18-/t32-/m1/s1. The third-order valence-corrected chi connectivity index (χ3v) is 9.41. The number of rotatable bonds is 8. The molecule has 232 valence electrons. The average molecular weight is 710 g/mol. The first-order valence-corrected chi connectivity index (χ1v) is 16.5. The highest BCUT2D eigenvalue weighted by molar-refractivity contribution is 7.07. The third kappa shape index (κ3) is 6.66. The summed E-state index contributed by atoms with van der Waals surface area (Å²) in [5, 5.41) is 1.87. The van der Waals surface area contributed by atoms with E-state index < -0.39 is 12.0 Å². The summed E-state index contributed by atoms with van der Waals surface area (Å²) in [4.78, 5) is 33.2. The Labute approximate surface area is 288 Å². The van der Waals surface area contributed by atoms with Crippen LogP contribution >= 0.6 is 57.7 Å². The van der Waals surface area contributed by atoms with Crippen molar-refractivity contribution in [3.63, 3.8) is 0 Å². The van der Waals surface area contributed by atoms with Crippen molar-refractivity contribution < 1.29 is 14.3 Å². The molecule has 0 amide bonds. The summed E-state index contributed by atoms with van der Waals surface area (Å²) in [6, 6.07) is 26.0. The van der Waals surface area contributed by atoms with Gasteiger partial charge in [0.15, 0.2) is 4.80 Å². The smallest absolute Gasteiger partial charge is 0.338 e. The number of carbonyl (C=O) groups is 1. The number of esters is 1. The van der Waals surface area contributed by atoms with Gasteiger partial charge in [-0.15, -0.1) is 0 Å². The van der Waals surface area contributed by atoms with Crippen LogP contribution in [0.25, 0.3) is 11.8 Å². The van der Waals surface area contributed by atoms with Crippen LogP contribution in [0.5, 0.6) is 5.75 Å². The molecule has 1 aromatic heterocycles. The van der Waals surface area contributed by atoms with Crippen LogP contribution in [0, 0.1) is 0 Å². The first kappa shape index (κ1) is 32.1. The minimum atomic E-state index is -0.824. The van der Waals surface area contributed by atoms with Crippen LogP contribution in [0.1, 0.15) is 35.2 Å². The molecule has 0 N–H and O–H groups in total. The van der Waals surface area contributed by atoms with Gasteiger partial charge in [0.1, 0.15) is 12.4 Å². The number of ether oxygens (including phenoxy) is 2. The second-order valence-electron chi connectivity index (χ2n) is 10.2. The molecule has 1 atom stereocenters. The van der Waals surface area contributed by atoms with Gasteiger partial charge >= 0.3 is 5.97 Å². The molecule has 11 heteroatoms. The van der Waals surface area contributed by atoms with E-state index >= 15 is 0 Å². The van der Waals surface area contributed by atoms with Crippen LogP contribution in [0.3, 0.4) is 0 Å². The Bertz CT molecular complexity index is 2160. The van der Waals surface area contributed by atoms with Crippen LogP contribution in [0.15, 0.2) is 106 Å². The summed E-state index contributed by atoms with van der Waals surface area (Å²) < 4.78 is 13.6. The first-order valence-electron chi connectivity index (χ1n) is 14.1. The molecule has 1 aliphatic heterocycles. The van der Waals surface area contributed by atoms with E-state index in [1.54, 1.807) is 67.6 Å². The maximum absolute atomic E-state index is 14.3. The van der Waals surface area contributed by atoms with E-state index in [4.69, 9.17) is 60.9 Å². The number of nitrogens with zero attached hydrogens (tertiary/aromatic N) is 2. The van der Waals surface area contributed by atoms with Crippen molar-refractivity contribution in [2.45, 2.75) is 19.6 Å². The molecule has 0 saturated heterocycles. The van der Waals surface area contributed by atoms with Crippen LogP contribution in [0.2, 0.25) is 20.1 Å². The Hall–Kier alpha value is -3.85. The van der Waals surface area contributed by atoms with E-state index in [1.165, 1.54) is 15.9 Å². The molecule has 0 bridgehead atoms. The molecule has 0 radical (unpaired) electrons. The molecule has 1 aliphatic rings. The Morgan fingerprint density at radius 3 is 2.37 bits per heavy atom. The largest absolute Gasteiger partial charge is 0.488 e. The highest BCUT2D eigenvalue weighted by Gasteiger charge is 2.35. The van der Waals surface area contributed by atoms with E-state index in [9.17, 15) is 9.59 Å². The SMILES string of the molecule is CCOC(=O)C1=C(c2ccccc2)N=c2s/c(=C\c3cc(Cl)ccc3OCc3ccc(Cl)c(Cl)c3)c(=O)n2[C@@H]1c1ccc(Cl)cc1. The fourth-order valence-corrected chi connectivity index (χ4v) is 6.72. The summed E-state index contributed by atoms with van der Waals surface area (Å²) in [7, 11) is 0. The summed E-state index contributed by atoms with van der Waals surface area (Å²) >= 11 is 26.1. The fraction of sp³-hybridized carbons (Fsp3) is 0.114. The molecule has 5 aromatic rings. The number of aromatic nitrogens is 1. The van der Waals surface area contributed by atoms with Gasteiger partial charge in [0.2, 0.25) is 0 Å². The number of carbonyl (C=O) groups excluding carboxylic acids is 1. The van der Waals surface area contributed by atoms with Gasteiger partial charge in [0, 0.05) is 21.2 Å². The zero-order valence-corrected chi connectivity index (χ0v) is 28.0. The van der Waals surface area contributed by atoms with Crippen LogP contribution in [-0.2, 0) is 16.1 Å². The van der Waals surface area contributed by atoms with Gasteiger partial charge in [-0.1, -0.05) is 106 Å². The zero-order chi connectivity index (χ0) is 32.4. The van der Waals surface area contributed by atoms with Crippen LogP contribution in [0.4, 0.5) is 0 Å². The predicted molar refractivity (Wildman–Crippen MR) is 185 cm³/mol. The molecule has 6 nitrogen and oxygen atoms in total. The highest BCUT2D eigenvalue weighted by Crippen LogP contribution is 2.35. The second-order valence-corrected chi connectivity index (χ2v) is 12.9. The Morgan fingerprint density at radius 2 is 1.65 bits per heavy atom. The van der Waals surface area contributed by atoms with Gasteiger partial charge in [0.05, 0.1) is 38.5 Å². The summed E-state index contributed by atoms with van der Waals surface area (Å²) in [6.07, 6.45) is 1.72. The molecule has 0 fully saturated rings. The first-order chi connectivity index (χ1) is 22.2. The van der Waals surface area contributed by atoms with Crippen LogP contribution in [-0.4, -0.2) is 17.1 Å². The number of benzene rings is 4. The van der Waals surface area contributed by atoms with Crippen molar-refractivity contribution >= 4 is 75.5 Å². The molecule has 4 aromatic carbocycles. The molecular weight excluding hydrogens is 686 g/mol. The molecule has 2 heterocycles. The predicted octanol–water partition coefficient (Wildman–Crippen LogP) is 8.13. The minimum Gasteiger partial charge on any atom is -0.488 e. The van der Waals surface area contributed by atoms with E-state index in [0.29, 0.717) is 52.0 Å². The highest BCUT2D eigenvalue weighted by atomic mass is 35.5. The lowest BCUT2D eigenvalue weighted by atomic mass is 9.93. The number of hydrogen-bond donors (Lipinski definition) is 0. The minimum absolute atomic E-state index is 0.155. The number of halogens is 4. The monoisotopic (exact) mass is 708 g/mol. The average Bonchev–Trinajstić information content (AvgIpc) is 3.36. The van der Waals surface area contributed by atoms with Gasteiger partial charge in [-0.05, 0) is 66.6 Å². The van der Waals surface area contributed by atoms with Gasteiger partial charge in [-0.3, -0.25) is 9.36 Å². The van der Waals surface area contributed by atoms with E-state index in [-0.39, 0.29) is 24.3 Å². The van der Waals surface area contributed by atoms with Crippen molar-refractivity contribution in [3.8, 4) is 5.75 Å². The van der Waals surface area contributed by atoms with Crippen molar-refractivity contribution in [2.24, 2.45) is 4.99 Å². The van der Waals surface area contributed by atoms with E-state index in [0.717, 1.165) is 11.1 Å². The Kier molecular flexibility index (Phi) is 9.68. The lowest BCUT2D eigenvalue weighted by Crippen LogP contribution is -2.40. The lowest BCUT2D eigenvalue weighted by molar-refractivity contribution is -0.138. The molecule has 46 heavy (non-hydrogen) atoms. The topological polar surface area (TPSA) is 69.9 Å². The molecule has 0 unspecified atom stereocenters. The molecule has 0 aliphatic carbocycles. The lowest BCUT2D eigenvalue weighted by Gasteiger charge is -2.25. The second kappa shape index (κ2) is 13.9. The molecule has 0 saturated carbocycles. The van der Waals surface area contributed by atoms with Crippen molar-refractivity contribution in [1.29, 1.82) is 0 Å². The quantitative estimate of drug-likeness (QED) is 0.153. The summed E-state index contributed by atoms with van der Waals surface area (Å²) in [6.45, 7) is 2.10. The number of fused-ring (bicyclic) bond motifs is 1. The van der Waals surface area contributed by atoms with Gasteiger partial charge in [-0.2, -0.15) is 0 Å². The van der Waals surface area contributed by atoms with Gasteiger partial charge in [-0.25, -0.2) is 9.79 Å². The Morgan fingerprint density at radius 1 is 0.913 bits per heavy atom. The van der Waals surface area contributed by atoms with E-state index in [1.807, 2.05) is 36.4 Å². The maximum atomic E-state index is 14.3. The maximum Gasteiger partial charge on any atom is 0.338 e. The van der Waals surface area contributed by atoms with Crippen molar-refractivity contribution in [3.05, 3.63) is 159 Å². The van der Waals surface area contributed by atoms with Gasteiger partial charge in [0.25, 0.3) is 5.56 Å². The summed E-state index contributed by atoms with van der Waals surface area (Å²) in [5.41, 5.74) is 3.15. The third-order valence-electron chi connectivity index (χ3n) is 7.20. The van der Waals surface area contributed by atoms with Crippen molar-refractivity contribution in [1.82, 2.24) is 4.57 Å².